The Bertz CT molecular complexity index is 90.6. The Labute approximate surface area is 52.1 Å². The van der Waals surface area contributed by atoms with Crippen LogP contribution >= 0.6 is 0 Å². The van der Waals surface area contributed by atoms with Gasteiger partial charge in [-0.2, -0.15) is 0 Å². The van der Waals surface area contributed by atoms with Crippen LogP contribution in [-0.4, -0.2) is 46.2 Å². The van der Waals surface area contributed by atoms with E-state index in [0.29, 0.717) is 0 Å². The Kier molecular flexibility index (Phi) is 3.94. The fourth-order valence-corrected chi connectivity index (χ4v) is 0.336. The molecule has 0 heterocycles. The van der Waals surface area contributed by atoms with Gasteiger partial charge in [-0.05, 0) is 0 Å². The first kappa shape index (κ1) is 8.35. The van der Waals surface area contributed by atoms with Crippen molar-refractivity contribution in [3.8, 4) is 0 Å². The van der Waals surface area contributed by atoms with E-state index in [0.717, 1.165) is 4.90 Å². The molecule has 0 aromatic heterocycles. The molecule has 0 bridgehead atoms. The topological polar surface area (TPSA) is 81.0 Å². The van der Waals surface area contributed by atoms with Gasteiger partial charge in [0.15, 0.2) is 0 Å². The van der Waals surface area contributed by atoms with Crippen LogP contribution in [0.25, 0.3) is 0 Å². The summed E-state index contributed by atoms with van der Waals surface area (Å²) in [5.41, 5.74) is 0. The summed E-state index contributed by atoms with van der Waals surface area (Å²) in [6, 6.07) is 0. The lowest BCUT2D eigenvalue weighted by atomic mass is 10.6. The van der Waals surface area contributed by atoms with Crippen molar-refractivity contribution >= 4 is 5.97 Å². The van der Waals surface area contributed by atoms with Gasteiger partial charge in [0.25, 0.3) is 0 Å². The zero-order valence-corrected chi connectivity index (χ0v) is 4.82. The van der Waals surface area contributed by atoms with Crippen molar-refractivity contribution in [3.63, 3.8) is 0 Å². The lowest BCUT2D eigenvalue weighted by molar-refractivity contribution is -0.140. The van der Waals surface area contributed by atoms with Gasteiger partial charge in [-0.15, -0.1) is 0 Å². The summed E-state index contributed by atoms with van der Waals surface area (Å²) in [5, 5.41) is 24.6. The Morgan fingerprint density at radius 1 is 1.33 bits per heavy atom. The van der Waals surface area contributed by atoms with Crippen molar-refractivity contribution in [1.29, 1.82) is 0 Å². The van der Waals surface area contributed by atoms with Crippen LogP contribution in [0, 0.1) is 0 Å². The van der Waals surface area contributed by atoms with Crippen LogP contribution in [0.3, 0.4) is 0 Å². The summed E-state index contributed by atoms with van der Waals surface area (Å²) in [5.74, 6) is -1.07. The molecule has 54 valence electrons. The van der Waals surface area contributed by atoms with E-state index in [2.05, 4.69) is 0 Å². The maximum absolute atomic E-state index is 9.86. The van der Waals surface area contributed by atoms with Gasteiger partial charge in [-0.25, -0.2) is 4.90 Å². The largest absolute Gasteiger partial charge is 0.480 e. The van der Waals surface area contributed by atoms with Crippen molar-refractivity contribution in [1.82, 2.24) is 4.90 Å². The highest BCUT2D eigenvalue weighted by molar-refractivity contribution is 5.68. The second kappa shape index (κ2) is 4.25. The number of carboxylic acids is 1. The predicted octanol–water partition coefficient (Wildman–Crippen LogP) is -1.73. The number of carboxylic acid groups (broad SMARTS) is 1. The highest BCUT2D eigenvalue weighted by Gasteiger charge is 2.04. The lowest BCUT2D eigenvalue weighted by Crippen LogP contribution is -2.31. The molecule has 0 aliphatic heterocycles. The SMILES string of the molecule is O=C(O)CN(CO)CO. The van der Waals surface area contributed by atoms with Gasteiger partial charge in [0, 0.05) is 0 Å². The quantitative estimate of drug-likeness (QED) is 0.399. The molecule has 9 heavy (non-hydrogen) atoms. The van der Waals surface area contributed by atoms with Crippen LogP contribution in [0.1, 0.15) is 0 Å². The number of aliphatic hydroxyl groups is 2. The maximum atomic E-state index is 9.86. The summed E-state index contributed by atoms with van der Waals surface area (Å²) in [7, 11) is 0. The van der Waals surface area contributed by atoms with E-state index in [1.165, 1.54) is 0 Å². The summed E-state index contributed by atoms with van der Waals surface area (Å²) >= 11 is 0. The first-order valence-corrected chi connectivity index (χ1v) is 2.36. The second-order valence-corrected chi connectivity index (χ2v) is 1.51. The van der Waals surface area contributed by atoms with Crippen molar-refractivity contribution in [2.75, 3.05) is 20.0 Å². The van der Waals surface area contributed by atoms with Gasteiger partial charge >= 0.3 is 5.97 Å². The molecule has 0 aromatic rings. The third-order valence-electron chi connectivity index (χ3n) is 0.759. The Balaban J connectivity index is 3.43. The highest BCUT2D eigenvalue weighted by atomic mass is 16.4. The maximum Gasteiger partial charge on any atom is 0.317 e. The minimum Gasteiger partial charge on any atom is -0.480 e. The van der Waals surface area contributed by atoms with E-state index >= 15 is 0 Å². The summed E-state index contributed by atoms with van der Waals surface area (Å²) in [6.07, 6.45) is 0. The van der Waals surface area contributed by atoms with Crippen molar-refractivity contribution in [2.24, 2.45) is 0 Å². The van der Waals surface area contributed by atoms with Gasteiger partial charge in [0.1, 0.15) is 6.54 Å². The number of rotatable bonds is 4. The van der Waals surface area contributed by atoms with E-state index in [9.17, 15) is 4.79 Å². The smallest absolute Gasteiger partial charge is 0.317 e. The third-order valence-corrected chi connectivity index (χ3v) is 0.759. The van der Waals surface area contributed by atoms with E-state index < -0.39 is 19.4 Å². The van der Waals surface area contributed by atoms with Gasteiger partial charge in [-0.1, -0.05) is 0 Å². The molecule has 3 N–H and O–H groups in total. The molecule has 0 aromatic carbocycles. The molecular weight excluding hydrogens is 126 g/mol. The number of aliphatic carboxylic acids is 1. The van der Waals surface area contributed by atoms with E-state index in [4.69, 9.17) is 15.3 Å². The molecule has 0 saturated carbocycles. The molecule has 0 aliphatic carbocycles. The lowest BCUT2D eigenvalue weighted by Gasteiger charge is -2.11. The molecular formula is C4H9NO4. The van der Waals surface area contributed by atoms with E-state index in [1.54, 1.807) is 0 Å². The van der Waals surface area contributed by atoms with E-state index in [1.807, 2.05) is 0 Å². The molecule has 0 aliphatic rings. The molecule has 0 rings (SSSR count). The molecule has 0 unspecified atom stereocenters. The first-order valence-electron chi connectivity index (χ1n) is 2.36. The van der Waals surface area contributed by atoms with Crippen molar-refractivity contribution in [2.45, 2.75) is 0 Å². The Morgan fingerprint density at radius 3 is 1.89 bits per heavy atom. The van der Waals surface area contributed by atoms with Crippen molar-refractivity contribution in [3.05, 3.63) is 0 Å². The van der Waals surface area contributed by atoms with Crippen LogP contribution in [0.5, 0.6) is 0 Å². The summed E-state index contributed by atoms with van der Waals surface area (Å²) in [6.45, 7) is -1.22. The van der Waals surface area contributed by atoms with Crippen LogP contribution < -0.4 is 0 Å². The molecule has 0 fully saturated rings. The predicted molar refractivity (Wildman–Crippen MR) is 28.5 cm³/mol. The Hall–Kier alpha value is -0.650. The van der Waals surface area contributed by atoms with Crippen LogP contribution in [0.2, 0.25) is 0 Å². The minimum absolute atomic E-state index is 0.340. The molecule has 5 heteroatoms. The van der Waals surface area contributed by atoms with Gasteiger partial charge in [-0.3, -0.25) is 4.79 Å². The molecule has 0 spiro atoms. The van der Waals surface area contributed by atoms with E-state index in [-0.39, 0.29) is 6.54 Å². The Morgan fingerprint density at radius 2 is 1.78 bits per heavy atom. The molecule has 0 saturated heterocycles. The van der Waals surface area contributed by atoms with Crippen LogP contribution in [-0.2, 0) is 4.79 Å². The summed E-state index contributed by atoms with van der Waals surface area (Å²) < 4.78 is 0. The van der Waals surface area contributed by atoms with Gasteiger partial charge < -0.3 is 15.3 Å². The number of hydrogen-bond donors (Lipinski definition) is 3. The monoisotopic (exact) mass is 135 g/mol. The van der Waals surface area contributed by atoms with Gasteiger partial charge in [0.05, 0.1) is 13.5 Å². The van der Waals surface area contributed by atoms with Crippen molar-refractivity contribution < 1.29 is 20.1 Å². The van der Waals surface area contributed by atoms with Crippen LogP contribution in [0.4, 0.5) is 0 Å². The zero-order chi connectivity index (χ0) is 7.28. The molecule has 0 atom stereocenters. The number of aliphatic hydroxyl groups excluding tert-OH is 2. The fraction of sp³-hybridized carbons (Fsp3) is 0.750. The highest BCUT2D eigenvalue weighted by Crippen LogP contribution is 1.80. The number of carbonyl (C=O) groups is 1. The molecule has 0 radical (unpaired) electrons. The number of nitrogens with zero attached hydrogens (tertiary/aromatic N) is 1. The number of hydrogen-bond acceptors (Lipinski definition) is 4. The average molecular weight is 135 g/mol. The normalized spacial score (nSPS) is 10.1. The standard InChI is InChI=1S/C4H9NO4/c6-2-5(3-7)1-4(8)9/h6-7H,1-3H2,(H,8,9). The van der Waals surface area contributed by atoms with Gasteiger partial charge in [0.2, 0.25) is 0 Å². The second-order valence-electron chi connectivity index (χ2n) is 1.51. The average Bonchev–Trinajstić information content (AvgIpc) is 1.82. The molecule has 0 amide bonds. The van der Waals surface area contributed by atoms with Crippen LogP contribution in [0.15, 0.2) is 0 Å². The molecule has 5 nitrogen and oxygen atoms in total. The minimum atomic E-state index is -1.07. The third kappa shape index (κ3) is 3.89. The first-order chi connectivity index (χ1) is 4.20. The fourth-order valence-electron chi connectivity index (χ4n) is 0.336. The summed E-state index contributed by atoms with van der Waals surface area (Å²) in [4.78, 5) is 10.8. The zero-order valence-electron chi connectivity index (χ0n) is 4.82.